The van der Waals surface area contributed by atoms with Crippen LogP contribution < -0.4 is 0 Å². The molecule has 0 radical (unpaired) electrons. The predicted octanol–water partition coefficient (Wildman–Crippen LogP) is 3.95. The van der Waals surface area contributed by atoms with Gasteiger partial charge in [0.25, 0.3) is 0 Å². The van der Waals surface area contributed by atoms with Gasteiger partial charge >= 0.3 is 23.7 Å². The van der Waals surface area contributed by atoms with Crippen molar-refractivity contribution in [2.75, 3.05) is 0 Å². The van der Waals surface area contributed by atoms with E-state index in [4.69, 9.17) is 5.11 Å². The standard InChI is InChI=1S/C10H14F6O2/c1-2-3-4-5-6-8(11,12)10(15,16)9(13,14)7(17)18/h2-6H2,1H3,(H,17,18). The third-order valence-electron chi connectivity index (χ3n) is 2.47. The van der Waals surface area contributed by atoms with Crippen LogP contribution in [0.25, 0.3) is 0 Å². The van der Waals surface area contributed by atoms with E-state index in [1.54, 1.807) is 6.92 Å². The molecule has 0 atom stereocenters. The maximum absolute atomic E-state index is 13.0. The molecule has 2 nitrogen and oxygen atoms in total. The van der Waals surface area contributed by atoms with E-state index in [0.717, 1.165) is 0 Å². The van der Waals surface area contributed by atoms with Gasteiger partial charge in [-0.3, -0.25) is 0 Å². The number of carboxylic acid groups (broad SMARTS) is 1. The molecule has 1 N–H and O–H groups in total. The maximum atomic E-state index is 13.0. The van der Waals surface area contributed by atoms with E-state index in [1.807, 2.05) is 0 Å². The van der Waals surface area contributed by atoms with Crippen molar-refractivity contribution < 1.29 is 36.2 Å². The number of alkyl halides is 6. The molecule has 0 bridgehead atoms. The molecule has 0 spiro atoms. The molecule has 108 valence electrons. The third-order valence-corrected chi connectivity index (χ3v) is 2.47. The first kappa shape index (κ1) is 17.1. The molecule has 0 aromatic rings. The summed E-state index contributed by atoms with van der Waals surface area (Å²) in [6, 6.07) is 0. The van der Waals surface area contributed by atoms with E-state index >= 15 is 0 Å². The molecule has 0 saturated carbocycles. The molecule has 18 heavy (non-hydrogen) atoms. The minimum Gasteiger partial charge on any atom is -0.477 e. The average molecular weight is 280 g/mol. The van der Waals surface area contributed by atoms with Gasteiger partial charge in [-0.2, -0.15) is 26.3 Å². The number of hydrogen-bond acceptors (Lipinski definition) is 1. The van der Waals surface area contributed by atoms with Crippen LogP contribution in [0.15, 0.2) is 0 Å². The van der Waals surface area contributed by atoms with E-state index in [2.05, 4.69) is 0 Å². The minimum atomic E-state index is -5.90. The highest BCUT2D eigenvalue weighted by atomic mass is 19.3. The molecule has 0 aromatic heterocycles. The molecule has 0 saturated heterocycles. The number of rotatable bonds is 8. The summed E-state index contributed by atoms with van der Waals surface area (Å²) >= 11 is 0. The van der Waals surface area contributed by atoms with Crippen molar-refractivity contribution in [1.29, 1.82) is 0 Å². The number of carboxylic acids is 1. The lowest BCUT2D eigenvalue weighted by atomic mass is 9.98. The van der Waals surface area contributed by atoms with Gasteiger partial charge in [-0.15, -0.1) is 0 Å². The Balaban J connectivity index is 4.80. The second kappa shape index (κ2) is 5.79. The Hall–Kier alpha value is -0.950. The summed E-state index contributed by atoms with van der Waals surface area (Å²) in [5.74, 6) is -20.0. The smallest absolute Gasteiger partial charge is 0.410 e. The monoisotopic (exact) mass is 280 g/mol. The second-order valence-corrected chi connectivity index (χ2v) is 3.97. The van der Waals surface area contributed by atoms with Gasteiger partial charge in [-0.05, 0) is 6.42 Å². The highest BCUT2D eigenvalue weighted by Gasteiger charge is 2.74. The number of hydrogen-bond donors (Lipinski definition) is 1. The van der Waals surface area contributed by atoms with Crippen LogP contribution in [0.2, 0.25) is 0 Å². The highest BCUT2D eigenvalue weighted by Crippen LogP contribution is 2.48. The zero-order valence-electron chi connectivity index (χ0n) is 9.66. The second-order valence-electron chi connectivity index (χ2n) is 3.97. The lowest BCUT2D eigenvalue weighted by molar-refractivity contribution is -0.305. The lowest BCUT2D eigenvalue weighted by Crippen LogP contribution is -2.57. The van der Waals surface area contributed by atoms with Crippen LogP contribution in [0, 0.1) is 0 Å². The summed E-state index contributed by atoms with van der Waals surface area (Å²) < 4.78 is 76.8. The number of unbranched alkanes of at least 4 members (excludes halogenated alkanes) is 3. The zero-order chi connectivity index (χ0) is 14.6. The Morgan fingerprint density at radius 2 is 1.50 bits per heavy atom. The number of carbonyl (C=O) groups is 1. The van der Waals surface area contributed by atoms with Crippen molar-refractivity contribution in [2.24, 2.45) is 0 Å². The van der Waals surface area contributed by atoms with Crippen molar-refractivity contribution in [3.8, 4) is 0 Å². The third kappa shape index (κ3) is 3.29. The summed E-state index contributed by atoms with van der Waals surface area (Å²) in [4.78, 5) is 9.93. The van der Waals surface area contributed by atoms with Gasteiger partial charge in [0, 0.05) is 6.42 Å². The fourth-order valence-electron chi connectivity index (χ4n) is 1.29. The van der Waals surface area contributed by atoms with Crippen LogP contribution in [-0.2, 0) is 4.79 Å². The van der Waals surface area contributed by atoms with Gasteiger partial charge in [-0.25, -0.2) is 4.79 Å². The van der Waals surface area contributed by atoms with Crippen molar-refractivity contribution in [1.82, 2.24) is 0 Å². The molecule has 0 aromatic carbocycles. The average Bonchev–Trinajstić information content (AvgIpc) is 2.23. The first-order valence-corrected chi connectivity index (χ1v) is 5.37. The molecular weight excluding hydrogens is 266 g/mol. The Morgan fingerprint density at radius 3 is 1.89 bits per heavy atom. The predicted molar refractivity (Wildman–Crippen MR) is 51.2 cm³/mol. The van der Waals surface area contributed by atoms with Crippen molar-refractivity contribution in [2.45, 2.75) is 56.8 Å². The fourth-order valence-corrected chi connectivity index (χ4v) is 1.29. The molecule has 0 amide bonds. The SMILES string of the molecule is CCCCCCC(F)(F)C(F)(F)C(F)(F)C(=O)O. The van der Waals surface area contributed by atoms with Gasteiger partial charge in [0.15, 0.2) is 0 Å². The largest absolute Gasteiger partial charge is 0.477 e. The maximum Gasteiger partial charge on any atom is 0.410 e. The summed E-state index contributed by atoms with van der Waals surface area (Å²) in [5, 5.41) is 7.89. The van der Waals surface area contributed by atoms with Gasteiger partial charge < -0.3 is 5.11 Å². The van der Waals surface area contributed by atoms with E-state index < -0.39 is 30.2 Å². The topological polar surface area (TPSA) is 37.3 Å². The molecule has 8 heteroatoms. The number of halogens is 6. The van der Waals surface area contributed by atoms with Gasteiger partial charge in [0.1, 0.15) is 0 Å². The lowest BCUT2D eigenvalue weighted by Gasteiger charge is -2.30. The van der Waals surface area contributed by atoms with Crippen LogP contribution in [-0.4, -0.2) is 28.8 Å². The van der Waals surface area contributed by atoms with Gasteiger partial charge in [0.05, 0.1) is 0 Å². The highest BCUT2D eigenvalue weighted by molar-refractivity contribution is 5.77. The Kier molecular flexibility index (Phi) is 5.49. The van der Waals surface area contributed by atoms with Crippen molar-refractivity contribution in [3.05, 3.63) is 0 Å². The fraction of sp³-hybridized carbons (Fsp3) is 0.900. The minimum absolute atomic E-state index is 0.195. The first-order valence-electron chi connectivity index (χ1n) is 5.37. The van der Waals surface area contributed by atoms with Crippen LogP contribution >= 0.6 is 0 Å². The molecular formula is C10H14F6O2. The van der Waals surface area contributed by atoms with Gasteiger partial charge in [-0.1, -0.05) is 26.2 Å². The molecule has 0 rings (SSSR count). The summed E-state index contributed by atoms with van der Waals surface area (Å²) in [7, 11) is 0. The number of aliphatic carboxylic acids is 1. The Bertz CT molecular complexity index is 290. The Labute approximate surface area is 100.0 Å². The van der Waals surface area contributed by atoms with Crippen molar-refractivity contribution in [3.63, 3.8) is 0 Å². The summed E-state index contributed by atoms with van der Waals surface area (Å²) in [6.45, 7) is 1.76. The summed E-state index contributed by atoms with van der Waals surface area (Å²) in [5.41, 5.74) is 0. The molecule has 0 unspecified atom stereocenters. The molecule has 0 fully saturated rings. The van der Waals surface area contributed by atoms with E-state index in [1.165, 1.54) is 0 Å². The quantitative estimate of drug-likeness (QED) is 0.540. The van der Waals surface area contributed by atoms with E-state index in [9.17, 15) is 31.1 Å². The van der Waals surface area contributed by atoms with Crippen LogP contribution in [0.3, 0.4) is 0 Å². The zero-order valence-corrected chi connectivity index (χ0v) is 9.66. The Morgan fingerprint density at radius 1 is 1.00 bits per heavy atom. The van der Waals surface area contributed by atoms with Gasteiger partial charge in [0.2, 0.25) is 0 Å². The first-order chi connectivity index (χ1) is 8.00. The normalized spacial score (nSPS) is 13.7. The molecule has 0 aliphatic rings. The molecule has 0 aliphatic heterocycles. The van der Waals surface area contributed by atoms with E-state index in [-0.39, 0.29) is 12.8 Å². The van der Waals surface area contributed by atoms with Crippen LogP contribution in [0.5, 0.6) is 0 Å². The van der Waals surface area contributed by atoms with Crippen LogP contribution in [0.4, 0.5) is 26.3 Å². The molecule has 0 aliphatic carbocycles. The summed E-state index contributed by atoms with van der Waals surface area (Å²) in [6.07, 6.45) is -0.472. The van der Waals surface area contributed by atoms with Crippen molar-refractivity contribution >= 4 is 5.97 Å². The van der Waals surface area contributed by atoms with Crippen LogP contribution in [0.1, 0.15) is 39.0 Å². The van der Waals surface area contributed by atoms with E-state index in [0.29, 0.717) is 12.8 Å². The molecule has 0 heterocycles.